The lowest BCUT2D eigenvalue weighted by Gasteiger charge is -2.39. The third kappa shape index (κ3) is 3.54. The van der Waals surface area contributed by atoms with Crippen LogP contribution in [-0.4, -0.2) is 59.1 Å². The molecule has 1 aliphatic heterocycles. The van der Waals surface area contributed by atoms with Crippen molar-refractivity contribution < 1.29 is 9.90 Å². The summed E-state index contributed by atoms with van der Waals surface area (Å²) in [4.78, 5) is 16.8. The highest BCUT2D eigenvalue weighted by molar-refractivity contribution is 5.94. The molecule has 5 heteroatoms. The van der Waals surface area contributed by atoms with Crippen LogP contribution in [0.15, 0.2) is 24.3 Å². The first kappa shape index (κ1) is 16.0. The molecule has 1 amide bonds. The number of rotatable bonds is 3. The number of benzene rings is 1. The van der Waals surface area contributed by atoms with Gasteiger partial charge in [0.25, 0.3) is 5.91 Å². The molecule has 1 saturated heterocycles. The number of carbonyl (C=O) groups excluding carboxylic acids is 1. The summed E-state index contributed by atoms with van der Waals surface area (Å²) in [6.45, 7) is 3.05. The summed E-state index contributed by atoms with van der Waals surface area (Å²) < 4.78 is 0. The number of hydrogen-bond acceptors (Lipinski definition) is 4. The summed E-state index contributed by atoms with van der Waals surface area (Å²) >= 11 is 0. The zero-order valence-electron chi connectivity index (χ0n) is 13.3. The van der Waals surface area contributed by atoms with Crippen LogP contribution in [0.25, 0.3) is 0 Å². The Balaban J connectivity index is 1.60. The Kier molecular flexibility index (Phi) is 4.94. The van der Waals surface area contributed by atoms with Crippen LogP contribution in [0.3, 0.4) is 0 Å². The molecule has 1 saturated carbocycles. The molecular weight excluding hydrogens is 290 g/mol. The van der Waals surface area contributed by atoms with E-state index in [-0.39, 0.29) is 18.1 Å². The van der Waals surface area contributed by atoms with Crippen LogP contribution in [-0.2, 0) is 6.42 Å². The molecule has 0 unspecified atom stereocenters. The van der Waals surface area contributed by atoms with E-state index < -0.39 is 0 Å². The summed E-state index contributed by atoms with van der Waals surface area (Å²) in [6, 6.07) is 9.73. The van der Waals surface area contributed by atoms with Crippen molar-refractivity contribution in [2.45, 2.75) is 37.8 Å². The molecule has 0 spiro atoms. The van der Waals surface area contributed by atoms with Crippen LogP contribution in [0.2, 0.25) is 0 Å². The molecule has 0 aromatic heterocycles. The van der Waals surface area contributed by atoms with Crippen LogP contribution in [0.5, 0.6) is 0 Å². The molecule has 1 aliphatic carbocycles. The third-order valence-corrected chi connectivity index (χ3v) is 4.97. The molecule has 0 radical (unpaired) electrons. The lowest BCUT2D eigenvalue weighted by molar-refractivity contribution is 0.0315. The number of nitriles is 1. The highest BCUT2D eigenvalue weighted by Gasteiger charge is 2.33. The van der Waals surface area contributed by atoms with Gasteiger partial charge in [-0.1, -0.05) is 12.1 Å². The van der Waals surface area contributed by atoms with E-state index >= 15 is 0 Å². The fourth-order valence-corrected chi connectivity index (χ4v) is 3.69. The van der Waals surface area contributed by atoms with Crippen LogP contribution in [0.1, 0.15) is 35.2 Å². The van der Waals surface area contributed by atoms with Gasteiger partial charge < -0.3 is 10.0 Å². The number of carbonyl (C=O) groups is 1. The molecular formula is C18H23N3O2. The number of hydrogen-bond donors (Lipinski definition) is 1. The van der Waals surface area contributed by atoms with Crippen LogP contribution >= 0.6 is 0 Å². The zero-order valence-corrected chi connectivity index (χ0v) is 13.3. The summed E-state index contributed by atoms with van der Waals surface area (Å²) in [5.41, 5.74) is 1.54. The maximum atomic E-state index is 12.6. The Morgan fingerprint density at radius 1 is 1.26 bits per heavy atom. The SMILES string of the molecule is N#CCc1cccc(C(=O)N2CCN([C@H]3CCC[C@@H]3O)CC2)c1. The van der Waals surface area contributed by atoms with Crippen LogP contribution in [0.4, 0.5) is 0 Å². The van der Waals surface area contributed by atoms with E-state index in [1.165, 1.54) is 0 Å². The highest BCUT2D eigenvalue weighted by atomic mass is 16.3. The highest BCUT2D eigenvalue weighted by Crippen LogP contribution is 2.25. The molecule has 122 valence electrons. The normalized spacial score (nSPS) is 25.3. The number of aliphatic hydroxyl groups is 1. The van der Waals surface area contributed by atoms with Gasteiger partial charge in [0.05, 0.1) is 18.6 Å². The predicted molar refractivity (Wildman–Crippen MR) is 86.9 cm³/mol. The van der Waals surface area contributed by atoms with E-state index in [2.05, 4.69) is 11.0 Å². The average molecular weight is 313 g/mol. The van der Waals surface area contributed by atoms with E-state index in [1.807, 2.05) is 29.2 Å². The second-order valence-electron chi connectivity index (χ2n) is 6.43. The van der Waals surface area contributed by atoms with E-state index in [9.17, 15) is 9.90 Å². The van der Waals surface area contributed by atoms with Gasteiger partial charge in [-0.2, -0.15) is 5.26 Å². The average Bonchev–Trinajstić information content (AvgIpc) is 3.01. The van der Waals surface area contributed by atoms with Gasteiger partial charge in [-0.05, 0) is 37.0 Å². The first-order valence-electron chi connectivity index (χ1n) is 8.36. The Bertz CT molecular complexity index is 603. The first-order chi connectivity index (χ1) is 11.2. The van der Waals surface area contributed by atoms with E-state index in [4.69, 9.17) is 5.26 Å². The van der Waals surface area contributed by atoms with Crippen molar-refractivity contribution in [1.82, 2.24) is 9.80 Å². The molecule has 0 bridgehead atoms. The maximum Gasteiger partial charge on any atom is 0.253 e. The van der Waals surface area contributed by atoms with Crippen molar-refractivity contribution in [3.8, 4) is 6.07 Å². The standard InChI is InChI=1S/C18H23N3O2/c19-8-7-14-3-1-4-15(13-14)18(23)21-11-9-20(10-12-21)16-5-2-6-17(16)22/h1,3-4,13,16-17,22H,2,5-7,9-12H2/t16-,17-/m0/s1. The minimum absolute atomic E-state index is 0.0383. The lowest BCUT2D eigenvalue weighted by Crippen LogP contribution is -2.53. The monoisotopic (exact) mass is 313 g/mol. The van der Waals surface area contributed by atoms with Crippen molar-refractivity contribution in [3.63, 3.8) is 0 Å². The van der Waals surface area contributed by atoms with Crippen molar-refractivity contribution in [2.24, 2.45) is 0 Å². The minimum atomic E-state index is -0.208. The topological polar surface area (TPSA) is 67.6 Å². The Morgan fingerprint density at radius 2 is 2.04 bits per heavy atom. The van der Waals surface area contributed by atoms with Crippen molar-refractivity contribution in [3.05, 3.63) is 35.4 Å². The quantitative estimate of drug-likeness (QED) is 0.916. The largest absolute Gasteiger partial charge is 0.391 e. The van der Waals surface area contributed by atoms with Gasteiger partial charge in [-0.25, -0.2) is 0 Å². The van der Waals surface area contributed by atoms with Crippen LogP contribution in [0, 0.1) is 11.3 Å². The lowest BCUT2D eigenvalue weighted by atomic mass is 10.1. The van der Waals surface area contributed by atoms with Gasteiger partial charge in [-0.15, -0.1) is 0 Å². The summed E-state index contributed by atoms with van der Waals surface area (Å²) in [5, 5.41) is 18.8. The van der Waals surface area contributed by atoms with Gasteiger partial charge in [0.2, 0.25) is 0 Å². The molecule has 5 nitrogen and oxygen atoms in total. The number of amides is 1. The molecule has 2 aliphatic rings. The van der Waals surface area contributed by atoms with E-state index in [1.54, 1.807) is 0 Å². The summed E-state index contributed by atoms with van der Waals surface area (Å²) in [6.07, 6.45) is 3.17. The molecule has 3 rings (SSSR count). The smallest absolute Gasteiger partial charge is 0.253 e. The number of aliphatic hydroxyl groups excluding tert-OH is 1. The Labute approximate surface area is 137 Å². The van der Waals surface area contributed by atoms with Gasteiger partial charge in [0.15, 0.2) is 0 Å². The van der Waals surface area contributed by atoms with Crippen molar-refractivity contribution in [2.75, 3.05) is 26.2 Å². The van der Waals surface area contributed by atoms with E-state index in [0.717, 1.165) is 37.9 Å². The number of piperazine rings is 1. The molecule has 1 aromatic rings. The third-order valence-electron chi connectivity index (χ3n) is 4.97. The molecule has 1 heterocycles. The fourth-order valence-electron chi connectivity index (χ4n) is 3.69. The summed E-state index contributed by atoms with van der Waals surface area (Å²) in [5.74, 6) is 0.0383. The Hall–Kier alpha value is -1.90. The van der Waals surface area contributed by atoms with Crippen molar-refractivity contribution in [1.29, 1.82) is 5.26 Å². The molecule has 23 heavy (non-hydrogen) atoms. The molecule has 1 aromatic carbocycles. The van der Waals surface area contributed by atoms with Crippen LogP contribution < -0.4 is 0 Å². The minimum Gasteiger partial charge on any atom is -0.391 e. The molecule has 1 N–H and O–H groups in total. The molecule has 2 fully saturated rings. The van der Waals surface area contributed by atoms with E-state index in [0.29, 0.717) is 25.1 Å². The maximum absolute atomic E-state index is 12.6. The van der Waals surface area contributed by atoms with Gasteiger partial charge >= 0.3 is 0 Å². The first-order valence-corrected chi connectivity index (χ1v) is 8.36. The Morgan fingerprint density at radius 3 is 2.70 bits per heavy atom. The van der Waals surface area contributed by atoms with Gasteiger partial charge in [0.1, 0.15) is 0 Å². The number of nitrogens with zero attached hydrogens (tertiary/aromatic N) is 3. The molecule has 2 atom stereocenters. The predicted octanol–water partition coefficient (Wildman–Crippen LogP) is 1.42. The second-order valence-corrected chi connectivity index (χ2v) is 6.43. The van der Waals surface area contributed by atoms with Crippen molar-refractivity contribution >= 4 is 5.91 Å². The summed E-state index contributed by atoms with van der Waals surface area (Å²) in [7, 11) is 0. The second kappa shape index (κ2) is 7.12. The zero-order chi connectivity index (χ0) is 16.2. The fraction of sp³-hybridized carbons (Fsp3) is 0.556. The van der Waals surface area contributed by atoms with Gasteiger partial charge in [-0.3, -0.25) is 9.69 Å². The van der Waals surface area contributed by atoms with Gasteiger partial charge in [0, 0.05) is 37.8 Å².